The van der Waals surface area contributed by atoms with Crippen molar-refractivity contribution in [2.24, 2.45) is 5.92 Å². The highest BCUT2D eigenvalue weighted by molar-refractivity contribution is 5.85. The van der Waals surface area contributed by atoms with Gasteiger partial charge in [-0.2, -0.15) is 0 Å². The van der Waals surface area contributed by atoms with E-state index in [4.69, 9.17) is 4.74 Å². The Morgan fingerprint density at radius 1 is 1.04 bits per heavy atom. The summed E-state index contributed by atoms with van der Waals surface area (Å²) in [4.78, 5) is 24.4. The van der Waals surface area contributed by atoms with Crippen LogP contribution in [0.2, 0.25) is 0 Å². The second-order valence-corrected chi connectivity index (χ2v) is 6.24. The minimum Gasteiger partial charge on any atom is -0.445 e. The highest BCUT2D eigenvalue weighted by Crippen LogP contribution is 2.08. The molecule has 2 amide bonds. The number of amides is 2. The largest absolute Gasteiger partial charge is 0.445 e. The summed E-state index contributed by atoms with van der Waals surface area (Å²) in [5, 5.41) is 5.22. The van der Waals surface area contributed by atoms with Gasteiger partial charge in [-0.05, 0) is 17.5 Å². The molecule has 0 saturated heterocycles. The molecule has 0 fully saturated rings. The van der Waals surface area contributed by atoms with E-state index < -0.39 is 12.1 Å². The molecule has 0 bridgehead atoms. The molecule has 2 rings (SSSR count). The quantitative estimate of drug-likeness (QED) is 0.797. The number of carbonyl (C=O) groups excluding carboxylic acids is 2. The van der Waals surface area contributed by atoms with Gasteiger partial charge >= 0.3 is 6.09 Å². The first-order valence-electron chi connectivity index (χ1n) is 8.45. The topological polar surface area (TPSA) is 67.4 Å². The molecule has 2 aromatic carbocycles. The van der Waals surface area contributed by atoms with Crippen LogP contribution in [0.4, 0.5) is 9.18 Å². The van der Waals surface area contributed by atoms with Crippen molar-refractivity contribution in [3.05, 3.63) is 71.5 Å². The van der Waals surface area contributed by atoms with Crippen molar-refractivity contribution in [2.45, 2.75) is 33.0 Å². The number of halogens is 1. The van der Waals surface area contributed by atoms with Crippen LogP contribution in [0.3, 0.4) is 0 Å². The third kappa shape index (κ3) is 5.88. The highest BCUT2D eigenvalue weighted by atomic mass is 19.1. The summed E-state index contributed by atoms with van der Waals surface area (Å²) in [5.74, 6) is -0.927. The van der Waals surface area contributed by atoms with Crippen LogP contribution in [-0.2, 0) is 22.7 Å². The number of carbonyl (C=O) groups is 2. The molecule has 0 aliphatic rings. The molecule has 0 saturated carbocycles. The summed E-state index contributed by atoms with van der Waals surface area (Å²) >= 11 is 0. The molecule has 6 heteroatoms. The van der Waals surface area contributed by atoms with E-state index in [1.165, 1.54) is 6.07 Å². The summed E-state index contributed by atoms with van der Waals surface area (Å²) in [6, 6.07) is 14.7. The van der Waals surface area contributed by atoms with Crippen LogP contribution in [0.5, 0.6) is 0 Å². The van der Waals surface area contributed by atoms with Crippen molar-refractivity contribution in [1.29, 1.82) is 0 Å². The van der Waals surface area contributed by atoms with Crippen LogP contribution in [0, 0.1) is 11.7 Å². The highest BCUT2D eigenvalue weighted by Gasteiger charge is 2.24. The van der Waals surface area contributed by atoms with Crippen LogP contribution >= 0.6 is 0 Å². The lowest BCUT2D eigenvalue weighted by molar-refractivity contribution is -0.124. The van der Waals surface area contributed by atoms with Crippen LogP contribution in [-0.4, -0.2) is 18.0 Å². The smallest absolute Gasteiger partial charge is 0.408 e. The van der Waals surface area contributed by atoms with Crippen LogP contribution in [0.1, 0.15) is 25.0 Å². The van der Waals surface area contributed by atoms with Gasteiger partial charge < -0.3 is 15.4 Å². The summed E-state index contributed by atoms with van der Waals surface area (Å²) in [7, 11) is 0. The fraction of sp³-hybridized carbons (Fsp3) is 0.300. The third-order valence-electron chi connectivity index (χ3n) is 3.85. The summed E-state index contributed by atoms with van der Waals surface area (Å²) < 4.78 is 18.8. The molecule has 0 unspecified atom stereocenters. The molecule has 2 aromatic rings. The van der Waals surface area contributed by atoms with E-state index in [0.29, 0.717) is 5.56 Å². The second-order valence-electron chi connectivity index (χ2n) is 6.24. The van der Waals surface area contributed by atoms with Crippen molar-refractivity contribution < 1.29 is 18.7 Å². The number of rotatable bonds is 7. The minimum atomic E-state index is -0.773. The Morgan fingerprint density at radius 3 is 2.35 bits per heavy atom. The summed E-state index contributed by atoms with van der Waals surface area (Å²) in [6.45, 7) is 3.79. The zero-order valence-corrected chi connectivity index (χ0v) is 14.9. The molecule has 138 valence electrons. The van der Waals surface area contributed by atoms with Gasteiger partial charge in [0.05, 0.1) is 0 Å². The monoisotopic (exact) mass is 358 g/mol. The minimum absolute atomic E-state index is 0.0511. The fourth-order valence-corrected chi connectivity index (χ4v) is 2.36. The van der Waals surface area contributed by atoms with Crippen LogP contribution < -0.4 is 10.6 Å². The maximum Gasteiger partial charge on any atom is 0.408 e. The molecule has 2 N–H and O–H groups in total. The van der Waals surface area contributed by atoms with Gasteiger partial charge in [-0.3, -0.25) is 4.79 Å². The molecule has 0 aromatic heterocycles. The van der Waals surface area contributed by atoms with Crippen molar-refractivity contribution in [2.75, 3.05) is 0 Å². The Bertz CT molecular complexity index is 735. The standard InChI is InChI=1S/C20H23FN2O3/c1-14(2)18(19(24)22-12-16-10-6-7-11-17(16)21)23-20(25)26-13-15-8-4-3-5-9-15/h3-11,14,18H,12-13H2,1-2H3,(H,22,24)(H,23,25)/t18-/m0/s1. The van der Waals surface area contributed by atoms with Crippen molar-refractivity contribution in [1.82, 2.24) is 10.6 Å². The summed E-state index contributed by atoms with van der Waals surface area (Å²) in [5.41, 5.74) is 1.24. The number of nitrogens with one attached hydrogen (secondary N) is 2. The fourth-order valence-electron chi connectivity index (χ4n) is 2.36. The van der Waals surface area contributed by atoms with Gasteiger partial charge in [-0.15, -0.1) is 0 Å². The lowest BCUT2D eigenvalue weighted by Crippen LogP contribution is -2.49. The number of hydrogen-bond acceptors (Lipinski definition) is 3. The average molecular weight is 358 g/mol. The molecule has 5 nitrogen and oxygen atoms in total. The molecule has 1 atom stereocenters. The Balaban J connectivity index is 1.87. The maximum atomic E-state index is 13.6. The van der Waals surface area contributed by atoms with E-state index >= 15 is 0 Å². The number of alkyl carbamates (subject to hydrolysis) is 1. The third-order valence-corrected chi connectivity index (χ3v) is 3.85. The first-order valence-corrected chi connectivity index (χ1v) is 8.45. The first-order chi connectivity index (χ1) is 12.5. The lowest BCUT2D eigenvalue weighted by Gasteiger charge is -2.21. The predicted octanol–water partition coefficient (Wildman–Crippen LogP) is 3.39. The molecule has 0 aliphatic carbocycles. The first kappa shape index (κ1) is 19.4. The normalized spacial score (nSPS) is 11.7. The van der Waals surface area contributed by atoms with Crippen molar-refractivity contribution in [3.63, 3.8) is 0 Å². The average Bonchev–Trinajstić information content (AvgIpc) is 2.64. The van der Waals surface area contributed by atoms with Gasteiger partial charge in [0.15, 0.2) is 0 Å². The van der Waals surface area contributed by atoms with E-state index in [9.17, 15) is 14.0 Å². The Kier molecular flexibility index (Phi) is 7.14. The molecule has 0 heterocycles. The van der Waals surface area contributed by atoms with Crippen molar-refractivity contribution >= 4 is 12.0 Å². The zero-order valence-electron chi connectivity index (χ0n) is 14.9. The Morgan fingerprint density at radius 2 is 1.69 bits per heavy atom. The van der Waals surface area contributed by atoms with E-state index in [1.54, 1.807) is 18.2 Å². The molecular formula is C20H23FN2O3. The van der Waals surface area contributed by atoms with E-state index in [1.807, 2.05) is 44.2 Å². The van der Waals surface area contributed by atoms with Gasteiger partial charge in [0.25, 0.3) is 0 Å². The van der Waals surface area contributed by atoms with Gasteiger partial charge in [0.2, 0.25) is 5.91 Å². The van der Waals surface area contributed by atoms with Crippen LogP contribution in [0.25, 0.3) is 0 Å². The lowest BCUT2D eigenvalue weighted by atomic mass is 10.0. The van der Waals surface area contributed by atoms with Gasteiger partial charge in [-0.25, -0.2) is 9.18 Å². The van der Waals surface area contributed by atoms with Gasteiger partial charge in [-0.1, -0.05) is 62.4 Å². The van der Waals surface area contributed by atoms with Crippen LogP contribution in [0.15, 0.2) is 54.6 Å². The zero-order chi connectivity index (χ0) is 18.9. The Hall–Kier alpha value is -2.89. The molecule has 0 radical (unpaired) electrons. The predicted molar refractivity (Wildman–Crippen MR) is 96.6 cm³/mol. The number of ether oxygens (including phenoxy) is 1. The molecule has 0 aliphatic heterocycles. The van der Waals surface area contributed by atoms with E-state index in [-0.39, 0.29) is 30.8 Å². The SMILES string of the molecule is CC(C)[C@H](NC(=O)OCc1ccccc1)C(=O)NCc1ccccc1F. The van der Waals surface area contributed by atoms with Crippen molar-refractivity contribution in [3.8, 4) is 0 Å². The molecular weight excluding hydrogens is 335 g/mol. The van der Waals surface area contributed by atoms with Gasteiger partial charge in [0, 0.05) is 12.1 Å². The summed E-state index contributed by atoms with van der Waals surface area (Å²) in [6.07, 6.45) is -0.673. The Labute approximate surface area is 152 Å². The van der Waals surface area contributed by atoms with E-state index in [2.05, 4.69) is 10.6 Å². The molecule has 26 heavy (non-hydrogen) atoms. The second kappa shape index (κ2) is 9.56. The van der Waals surface area contributed by atoms with E-state index in [0.717, 1.165) is 5.56 Å². The van der Waals surface area contributed by atoms with Gasteiger partial charge in [0.1, 0.15) is 18.5 Å². The number of benzene rings is 2. The molecule has 0 spiro atoms. The maximum absolute atomic E-state index is 13.6. The number of hydrogen-bond donors (Lipinski definition) is 2.